The fourth-order valence-corrected chi connectivity index (χ4v) is 0.552. The lowest BCUT2D eigenvalue weighted by Gasteiger charge is -1.92. The number of methoxy groups -OCH3 is 1. The van der Waals surface area contributed by atoms with E-state index < -0.39 is 11.9 Å². The molecule has 0 aromatic rings. The van der Waals surface area contributed by atoms with Gasteiger partial charge in [-0.15, -0.1) is 13.2 Å². The van der Waals surface area contributed by atoms with Crippen LogP contribution < -0.4 is 0 Å². The maximum atomic E-state index is 9.90. The predicted molar refractivity (Wildman–Crippen MR) is 57.9 cm³/mol. The van der Waals surface area contributed by atoms with Crippen molar-refractivity contribution in [2.45, 2.75) is 25.7 Å². The van der Waals surface area contributed by atoms with E-state index in [1.807, 2.05) is 0 Å². The number of aliphatic carboxylic acids is 2. The quantitative estimate of drug-likeness (QED) is 0.545. The Hall–Kier alpha value is -1.36. The van der Waals surface area contributed by atoms with Gasteiger partial charge in [0.1, 0.15) is 0 Å². The summed E-state index contributed by atoms with van der Waals surface area (Å²) in [5, 5.41) is 16.3. The van der Waals surface area contributed by atoms with Crippen LogP contribution in [0.4, 0.5) is 0 Å². The lowest BCUT2D eigenvalue weighted by molar-refractivity contribution is -0.139. The minimum absolute atomic E-state index is 0.0628. The molecule has 90 valence electrons. The zero-order chi connectivity index (χ0) is 12.7. The van der Waals surface area contributed by atoms with Crippen molar-refractivity contribution < 1.29 is 24.5 Å². The Morgan fingerprint density at radius 3 is 1.33 bits per heavy atom. The first kappa shape index (κ1) is 19.2. The third-order valence-electron chi connectivity index (χ3n) is 1.03. The summed E-state index contributed by atoms with van der Waals surface area (Å²) in [6.45, 7) is 6.00. The monoisotopic (exact) mass is 220 g/mol. The third kappa shape index (κ3) is 45.0. The number of hydrogen-bond acceptors (Lipinski definition) is 3. The van der Waals surface area contributed by atoms with E-state index in [1.54, 1.807) is 14.2 Å². The van der Waals surface area contributed by atoms with Gasteiger partial charge in [0.15, 0.2) is 0 Å². The number of carboxylic acid groups (broad SMARTS) is 2. The molecule has 15 heavy (non-hydrogen) atoms. The fraction of sp³-hybridized carbons (Fsp3) is 0.600. The van der Waals surface area contributed by atoms with E-state index in [0.717, 1.165) is 0 Å². The number of carboxylic acids is 2. The molecular weight excluding hydrogens is 200 g/mol. The second kappa shape index (κ2) is 18.4. The van der Waals surface area contributed by atoms with Gasteiger partial charge in [0.05, 0.1) is 0 Å². The molecular formula is C10H20O5. The average Bonchev–Trinajstić information content (AvgIpc) is 2.16. The molecule has 0 aliphatic heterocycles. The summed E-state index contributed by atoms with van der Waals surface area (Å²) < 4.78 is 4.25. The van der Waals surface area contributed by atoms with Gasteiger partial charge in [-0.2, -0.15) is 0 Å². The molecule has 0 aromatic carbocycles. The van der Waals surface area contributed by atoms with Crippen molar-refractivity contribution in [1.29, 1.82) is 0 Å². The summed E-state index contributed by atoms with van der Waals surface area (Å²) >= 11 is 0. The average molecular weight is 220 g/mol. The minimum Gasteiger partial charge on any atom is -0.481 e. The molecule has 0 bridgehead atoms. The van der Waals surface area contributed by atoms with Crippen LogP contribution in [0.2, 0.25) is 0 Å². The molecule has 0 radical (unpaired) electrons. The van der Waals surface area contributed by atoms with Crippen LogP contribution in [0.25, 0.3) is 0 Å². The number of hydrogen-bond donors (Lipinski definition) is 2. The number of unbranched alkanes of at least 4 members (excludes halogenated alkanes) is 1. The summed E-state index contributed by atoms with van der Waals surface area (Å²) in [5.74, 6) is -1.74. The van der Waals surface area contributed by atoms with Crippen LogP contribution in [0, 0.1) is 0 Å². The topological polar surface area (TPSA) is 83.8 Å². The van der Waals surface area contributed by atoms with Gasteiger partial charge >= 0.3 is 11.9 Å². The van der Waals surface area contributed by atoms with Crippen molar-refractivity contribution in [3.05, 3.63) is 13.2 Å². The Kier molecular flexibility index (Phi) is 23.7. The number of carbonyl (C=O) groups is 2. The summed E-state index contributed by atoms with van der Waals surface area (Å²) in [4.78, 5) is 19.8. The van der Waals surface area contributed by atoms with Gasteiger partial charge in [-0.05, 0) is 12.8 Å². The van der Waals surface area contributed by atoms with Crippen LogP contribution in [-0.2, 0) is 14.3 Å². The Morgan fingerprint density at radius 2 is 1.20 bits per heavy atom. The van der Waals surface area contributed by atoms with Crippen molar-refractivity contribution in [2.24, 2.45) is 0 Å². The maximum absolute atomic E-state index is 9.90. The van der Waals surface area contributed by atoms with Crippen LogP contribution in [0.15, 0.2) is 13.2 Å². The molecule has 0 aliphatic carbocycles. The van der Waals surface area contributed by atoms with E-state index >= 15 is 0 Å². The van der Waals surface area contributed by atoms with Gasteiger partial charge < -0.3 is 14.9 Å². The third-order valence-corrected chi connectivity index (χ3v) is 1.03. The SMILES string of the molecule is C=C.COC.O=C(O)CCCCC(=O)O. The molecule has 0 aliphatic rings. The molecule has 0 aromatic heterocycles. The molecule has 2 N–H and O–H groups in total. The molecule has 0 unspecified atom stereocenters. The fourth-order valence-electron chi connectivity index (χ4n) is 0.552. The Labute approximate surface area is 90.4 Å². The van der Waals surface area contributed by atoms with E-state index in [9.17, 15) is 9.59 Å². The highest BCUT2D eigenvalue weighted by atomic mass is 16.4. The van der Waals surface area contributed by atoms with E-state index in [0.29, 0.717) is 12.8 Å². The normalized spacial score (nSPS) is 7.60. The molecule has 5 heteroatoms. The first-order chi connectivity index (χ1) is 7.04. The van der Waals surface area contributed by atoms with Gasteiger partial charge in [-0.25, -0.2) is 0 Å². The standard InChI is InChI=1S/C6H10O4.C2H6O.C2H4/c7-5(8)3-1-2-4-6(9)10;1-3-2;1-2/h1-4H2,(H,7,8)(H,9,10);1-2H3;1-2H2. The van der Waals surface area contributed by atoms with Crippen molar-refractivity contribution >= 4 is 11.9 Å². The first-order valence-corrected chi connectivity index (χ1v) is 4.38. The largest absolute Gasteiger partial charge is 0.481 e. The predicted octanol–water partition coefficient (Wildman–Crippen LogP) is 1.78. The van der Waals surface area contributed by atoms with E-state index in [-0.39, 0.29) is 12.8 Å². The van der Waals surface area contributed by atoms with Crippen LogP contribution >= 0.6 is 0 Å². The minimum atomic E-state index is -0.870. The second-order valence-corrected chi connectivity index (χ2v) is 2.40. The van der Waals surface area contributed by atoms with Crippen LogP contribution in [0.1, 0.15) is 25.7 Å². The number of ether oxygens (including phenoxy) is 1. The van der Waals surface area contributed by atoms with E-state index in [1.165, 1.54) is 0 Å². The van der Waals surface area contributed by atoms with Crippen molar-refractivity contribution in [3.63, 3.8) is 0 Å². The molecule has 0 amide bonds. The zero-order valence-corrected chi connectivity index (χ0v) is 9.36. The highest BCUT2D eigenvalue weighted by molar-refractivity contribution is 5.67. The number of rotatable bonds is 5. The van der Waals surface area contributed by atoms with Crippen LogP contribution in [0.5, 0.6) is 0 Å². The van der Waals surface area contributed by atoms with Crippen molar-refractivity contribution in [3.8, 4) is 0 Å². The summed E-state index contributed by atoms with van der Waals surface area (Å²) in [6.07, 6.45) is 1.02. The molecule has 5 nitrogen and oxygen atoms in total. The molecule has 0 rings (SSSR count). The van der Waals surface area contributed by atoms with Crippen molar-refractivity contribution in [2.75, 3.05) is 14.2 Å². The first-order valence-electron chi connectivity index (χ1n) is 4.38. The van der Waals surface area contributed by atoms with Crippen LogP contribution in [-0.4, -0.2) is 36.4 Å². The summed E-state index contributed by atoms with van der Waals surface area (Å²) in [6, 6.07) is 0. The zero-order valence-electron chi connectivity index (χ0n) is 9.36. The molecule has 0 heterocycles. The second-order valence-electron chi connectivity index (χ2n) is 2.40. The van der Waals surface area contributed by atoms with E-state index in [2.05, 4.69) is 17.9 Å². The highest BCUT2D eigenvalue weighted by Gasteiger charge is 1.99. The molecule has 0 saturated carbocycles. The molecule has 0 spiro atoms. The Balaban J connectivity index is -0.000000245. The van der Waals surface area contributed by atoms with E-state index in [4.69, 9.17) is 10.2 Å². The lowest BCUT2D eigenvalue weighted by atomic mass is 10.2. The van der Waals surface area contributed by atoms with Gasteiger partial charge in [0, 0.05) is 27.1 Å². The van der Waals surface area contributed by atoms with Gasteiger partial charge in [-0.1, -0.05) is 0 Å². The maximum Gasteiger partial charge on any atom is 0.303 e. The Bertz CT molecular complexity index is 140. The van der Waals surface area contributed by atoms with Crippen LogP contribution in [0.3, 0.4) is 0 Å². The molecule has 0 atom stereocenters. The smallest absolute Gasteiger partial charge is 0.303 e. The highest BCUT2D eigenvalue weighted by Crippen LogP contribution is 1.98. The lowest BCUT2D eigenvalue weighted by Crippen LogP contribution is -1.97. The van der Waals surface area contributed by atoms with Gasteiger partial charge in [0.2, 0.25) is 0 Å². The van der Waals surface area contributed by atoms with Gasteiger partial charge in [0.25, 0.3) is 0 Å². The van der Waals surface area contributed by atoms with Gasteiger partial charge in [-0.3, -0.25) is 9.59 Å². The van der Waals surface area contributed by atoms with Crippen molar-refractivity contribution in [1.82, 2.24) is 0 Å². The molecule has 0 saturated heterocycles. The Morgan fingerprint density at radius 1 is 1.00 bits per heavy atom. The molecule has 0 fully saturated rings. The summed E-state index contributed by atoms with van der Waals surface area (Å²) in [5.41, 5.74) is 0. The summed E-state index contributed by atoms with van der Waals surface area (Å²) in [7, 11) is 3.25.